The Morgan fingerprint density at radius 3 is 2.43 bits per heavy atom. The molecular weight excluding hydrogens is 398 g/mol. The fourth-order valence-corrected chi connectivity index (χ4v) is 4.30. The number of morpholine rings is 1. The van der Waals surface area contributed by atoms with E-state index in [1.54, 1.807) is 24.3 Å². The molecule has 0 radical (unpaired) electrons. The molecule has 0 atom stereocenters. The van der Waals surface area contributed by atoms with Gasteiger partial charge in [0.25, 0.3) is 0 Å². The van der Waals surface area contributed by atoms with Gasteiger partial charge < -0.3 is 20.1 Å². The van der Waals surface area contributed by atoms with Crippen molar-refractivity contribution < 1.29 is 17.9 Å². The Bertz CT molecular complexity index is 868. The smallest absolute Gasteiger partial charge is 0.243 e. The maximum Gasteiger partial charge on any atom is 0.243 e. The van der Waals surface area contributed by atoms with Gasteiger partial charge in [-0.1, -0.05) is 18.2 Å². The molecule has 9 heteroatoms. The first-order valence-corrected chi connectivity index (χ1v) is 10.8. The van der Waals surface area contributed by atoms with Crippen LogP contribution < -0.4 is 15.4 Å². The van der Waals surface area contributed by atoms with E-state index >= 15 is 0 Å². The van der Waals surface area contributed by atoms with Crippen molar-refractivity contribution in [2.75, 3.05) is 44.8 Å². The van der Waals surface area contributed by atoms with Crippen LogP contribution in [0.1, 0.15) is 0 Å². The van der Waals surface area contributed by atoms with Crippen LogP contribution in [-0.4, -0.2) is 57.3 Å². The molecule has 1 aliphatic heterocycles. The zero-order valence-electron chi connectivity index (χ0n) is 15.3. The molecular formula is C19H23N3O4S2. The molecule has 0 saturated carbocycles. The average molecular weight is 422 g/mol. The van der Waals surface area contributed by atoms with E-state index in [4.69, 9.17) is 21.7 Å². The van der Waals surface area contributed by atoms with Crippen molar-refractivity contribution in [1.29, 1.82) is 0 Å². The van der Waals surface area contributed by atoms with Crippen molar-refractivity contribution in [3.05, 3.63) is 54.6 Å². The summed E-state index contributed by atoms with van der Waals surface area (Å²) < 4.78 is 37.5. The molecule has 1 heterocycles. The van der Waals surface area contributed by atoms with Gasteiger partial charge in [-0.15, -0.1) is 0 Å². The number of sulfonamides is 1. The van der Waals surface area contributed by atoms with Crippen LogP contribution >= 0.6 is 12.2 Å². The van der Waals surface area contributed by atoms with Gasteiger partial charge in [0.05, 0.1) is 24.7 Å². The average Bonchev–Trinajstić information content (AvgIpc) is 2.73. The third-order valence-electron chi connectivity index (χ3n) is 4.12. The van der Waals surface area contributed by atoms with Crippen LogP contribution in [0.15, 0.2) is 59.5 Å². The van der Waals surface area contributed by atoms with Crippen molar-refractivity contribution >= 4 is 33.0 Å². The Labute approximate surface area is 170 Å². The predicted octanol–water partition coefficient (Wildman–Crippen LogP) is 2.07. The lowest BCUT2D eigenvalue weighted by atomic mass is 10.3. The predicted molar refractivity (Wildman–Crippen MR) is 112 cm³/mol. The maximum atomic E-state index is 12.6. The molecule has 0 aliphatic carbocycles. The third-order valence-corrected chi connectivity index (χ3v) is 6.28. The molecule has 0 amide bonds. The van der Waals surface area contributed by atoms with E-state index in [2.05, 4.69) is 10.6 Å². The van der Waals surface area contributed by atoms with E-state index in [9.17, 15) is 8.42 Å². The van der Waals surface area contributed by atoms with E-state index in [1.165, 1.54) is 4.31 Å². The number of nitrogens with one attached hydrogen (secondary N) is 2. The number of anilines is 1. The summed E-state index contributed by atoms with van der Waals surface area (Å²) in [4.78, 5) is 0.258. The molecule has 150 valence electrons. The molecule has 1 aliphatic rings. The van der Waals surface area contributed by atoms with E-state index < -0.39 is 10.0 Å². The number of hydrogen-bond acceptors (Lipinski definition) is 5. The van der Waals surface area contributed by atoms with Crippen LogP contribution in [0.2, 0.25) is 0 Å². The third kappa shape index (κ3) is 5.65. The largest absolute Gasteiger partial charge is 0.492 e. The van der Waals surface area contributed by atoms with Crippen molar-refractivity contribution in [2.24, 2.45) is 0 Å². The summed E-state index contributed by atoms with van der Waals surface area (Å²) in [5.41, 5.74) is 0.915. The minimum Gasteiger partial charge on any atom is -0.492 e. The van der Waals surface area contributed by atoms with Crippen LogP contribution in [0.3, 0.4) is 0 Å². The molecule has 28 heavy (non-hydrogen) atoms. The maximum absolute atomic E-state index is 12.6. The number of nitrogens with zero attached hydrogens (tertiary/aromatic N) is 1. The van der Waals surface area contributed by atoms with Crippen molar-refractivity contribution in [2.45, 2.75) is 4.90 Å². The van der Waals surface area contributed by atoms with Crippen molar-refractivity contribution in [1.82, 2.24) is 9.62 Å². The van der Waals surface area contributed by atoms with Gasteiger partial charge in [-0.25, -0.2) is 8.42 Å². The van der Waals surface area contributed by atoms with Crippen LogP contribution in [0, 0.1) is 0 Å². The fraction of sp³-hybridized carbons (Fsp3) is 0.316. The standard InChI is InChI=1S/C19H23N3O4S2/c23-28(24,22-11-14-25-15-12-22)18-8-6-17(7-9-18)26-13-10-20-19(27)21-16-4-2-1-3-5-16/h1-9H,10-15H2,(H2,20,21,27). The first-order chi connectivity index (χ1) is 13.6. The highest BCUT2D eigenvalue weighted by atomic mass is 32.2. The summed E-state index contributed by atoms with van der Waals surface area (Å²) in [7, 11) is -3.48. The molecule has 1 fully saturated rings. The van der Waals surface area contributed by atoms with Gasteiger partial charge in [0.1, 0.15) is 12.4 Å². The summed E-state index contributed by atoms with van der Waals surface area (Å²) in [5.74, 6) is 0.602. The molecule has 0 unspecified atom stereocenters. The second-order valence-corrected chi connectivity index (χ2v) is 8.43. The lowest BCUT2D eigenvalue weighted by Gasteiger charge is -2.26. The van der Waals surface area contributed by atoms with Crippen LogP contribution in [0.4, 0.5) is 5.69 Å². The number of hydrogen-bond donors (Lipinski definition) is 2. The van der Waals surface area contributed by atoms with Gasteiger partial charge in [0, 0.05) is 18.8 Å². The Kier molecular flexibility index (Phi) is 7.21. The Balaban J connectivity index is 1.43. The number of rotatable bonds is 7. The van der Waals surface area contributed by atoms with Gasteiger partial charge in [-0.05, 0) is 48.6 Å². The summed E-state index contributed by atoms with van der Waals surface area (Å²) in [5, 5.41) is 6.66. The zero-order valence-corrected chi connectivity index (χ0v) is 17.0. The number of benzene rings is 2. The summed E-state index contributed by atoms with van der Waals surface area (Å²) in [6.45, 7) is 2.52. The van der Waals surface area contributed by atoms with E-state index in [0.717, 1.165) is 5.69 Å². The molecule has 0 spiro atoms. The number of para-hydroxylation sites is 1. The Morgan fingerprint density at radius 2 is 1.75 bits per heavy atom. The van der Waals surface area contributed by atoms with Gasteiger partial charge in [-0.2, -0.15) is 4.31 Å². The molecule has 1 saturated heterocycles. The number of thiocarbonyl (C=S) groups is 1. The highest BCUT2D eigenvalue weighted by Gasteiger charge is 2.26. The van der Waals surface area contributed by atoms with E-state index in [0.29, 0.717) is 50.3 Å². The highest BCUT2D eigenvalue weighted by molar-refractivity contribution is 7.89. The van der Waals surface area contributed by atoms with Crippen LogP contribution in [0.5, 0.6) is 5.75 Å². The summed E-state index contributed by atoms with van der Waals surface area (Å²) in [6.07, 6.45) is 0. The Hall–Kier alpha value is -2.20. The Morgan fingerprint density at radius 1 is 1.07 bits per heavy atom. The fourth-order valence-electron chi connectivity index (χ4n) is 2.67. The van der Waals surface area contributed by atoms with Gasteiger partial charge in [-0.3, -0.25) is 0 Å². The minimum absolute atomic E-state index is 0.258. The second kappa shape index (κ2) is 9.83. The molecule has 0 bridgehead atoms. The van der Waals surface area contributed by atoms with Gasteiger partial charge >= 0.3 is 0 Å². The van der Waals surface area contributed by atoms with E-state index in [1.807, 2.05) is 30.3 Å². The molecule has 0 aromatic heterocycles. The van der Waals surface area contributed by atoms with Crippen LogP contribution in [-0.2, 0) is 14.8 Å². The lowest BCUT2D eigenvalue weighted by Crippen LogP contribution is -2.40. The monoisotopic (exact) mass is 421 g/mol. The molecule has 2 aromatic rings. The van der Waals surface area contributed by atoms with E-state index in [-0.39, 0.29) is 4.90 Å². The van der Waals surface area contributed by atoms with Gasteiger partial charge in [0.15, 0.2) is 5.11 Å². The van der Waals surface area contributed by atoms with Crippen molar-refractivity contribution in [3.63, 3.8) is 0 Å². The van der Waals surface area contributed by atoms with Crippen molar-refractivity contribution in [3.8, 4) is 5.75 Å². The summed E-state index contributed by atoms with van der Waals surface area (Å²) in [6, 6.07) is 16.1. The second-order valence-electron chi connectivity index (χ2n) is 6.08. The SMILES string of the molecule is O=S(=O)(c1ccc(OCCNC(=S)Nc2ccccc2)cc1)N1CCOCC1. The molecule has 7 nitrogen and oxygen atoms in total. The molecule has 2 N–H and O–H groups in total. The number of ether oxygens (including phenoxy) is 2. The highest BCUT2D eigenvalue weighted by Crippen LogP contribution is 2.20. The zero-order chi connectivity index (χ0) is 19.8. The topological polar surface area (TPSA) is 79.9 Å². The molecule has 3 rings (SSSR count). The minimum atomic E-state index is -3.48. The first-order valence-electron chi connectivity index (χ1n) is 8.96. The summed E-state index contributed by atoms with van der Waals surface area (Å²) >= 11 is 5.23. The lowest BCUT2D eigenvalue weighted by molar-refractivity contribution is 0.0730. The quantitative estimate of drug-likeness (QED) is 0.523. The molecule has 2 aromatic carbocycles. The first kappa shape index (κ1) is 20.5. The van der Waals surface area contributed by atoms with Crippen LogP contribution in [0.25, 0.3) is 0 Å². The van der Waals surface area contributed by atoms with Gasteiger partial charge in [0.2, 0.25) is 10.0 Å². The normalized spacial score (nSPS) is 15.0.